The maximum Gasteiger partial charge on any atom is 0.573 e. The van der Waals surface area contributed by atoms with Crippen molar-refractivity contribution in [2.24, 2.45) is 0 Å². The molecule has 1 aromatic carbocycles. The minimum atomic E-state index is -4.69. The number of aromatic nitrogens is 2. The fourth-order valence-electron chi connectivity index (χ4n) is 2.26. The average molecular weight is 371 g/mol. The lowest BCUT2D eigenvalue weighted by atomic mass is 10.2. The van der Waals surface area contributed by atoms with Crippen molar-refractivity contribution < 1.29 is 17.9 Å². The lowest BCUT2D eigenvalue weighted by Gasteiger charge is -2.11. The SMILES string of the molecule is FC(F)(F)Oc1cccc(Cn2cc(Br)c3ccncc32)c1. The summed E-state index contributed by atoms with van der Waals surface area (Å²) in [5, 5.41) is 0.998. The number of hydrogen-bond donors (Lipinski definition) is 0. The monoisotopic (exact) mass is 370 g/mol. The lowest BCUT2D eigenvalue weighted by Crippen LogP contribution is -2.17. The molecule has 0 fully saturated rings. The summed E-state index contributed by atoms with van der Waals surface area (Å²) in [6.45, 7) is 0.419. The third kappa shape index (κ3) is 3.24. The van der Waals surface area contributed by atoms with Gasteiger partial charge in [0, 0.05) is 28.8 Å². The molecule has 0 unspecified atom stereocenters. The van der Waals surface area contributed by atoms with Crippen molar-refractivity contribution in [3.63, 3.8) is 0 Å². The first-order valence-electron chi connectivity index (χ1n) is 6.35. The Morgan fingerprint density at radius 3 is 2.82 bits per heavy atom. The Bertz CT molecular complexity index is 814. The number of benzene rings is 1. The zero-order valence-electron chi connectivity index (χ0n) is 11.1. The van der Waals surface area contributed by atoms with Gasteiger partial charge in [-0.25, -0.2) is 0 Å². The van der Waals surface area contributed by atoms with Gasteiger partial charge in [0.05, 0.1) is 11.7 Å². The third-order valence-electron chi connectivity index (χ3n) is 3.12. The maximum absolute atomic E-state index is 12.3. The third-order valence-corrected chi connectivity index (χ3v) is 3.75. The molecule has 0 aliphatic heterocycles. The molecule has 0 saturated carbocycles. The molecule has 0 amide bonds. The zero-order valence-corrected chi connectivity index (χ0v) is 12.7. The van der Waals surface area contributed by atoms with E-state index in [9.17, 15) is 13.2 Å². The van der Waals surface area contributed by atoms with Gasteiger partial charge >= 0.3 is 6.36 Å². The van der Waals surface area contributed by atoms with Crippen LogP contribution in [0.3, 0.4) is 0 Å². The van der Waals surface area contributed by atoms with Crippen molar-refractivity contribution in [1.82, 2.24) is 9.55 Å². The molecule has 0 aliphatic rings. The molecule has 22 heavy (non-hydrogen) atoms. The average Bonchev–Trinajstić information content (AvgIpc) is 2.75. The summed E-state index contributed by atoms with van der Waals surface area (Å²) in [5.74, 6) is -0.223. The molecule has 0 N–H and O–H groups in total. The van der Waals surface area contributed by atoms with Gasteiger partial charge in [-0.05, 0) is 39.7 Å². The summed E-state index contributed by atoms with van der Waals surface area (Å²) < 4.78 is 43.6. The largest absolute Gasteiger partial charge is 0.573 e. The van der Waals surface area contributed by atoms with Crippen LogP contribution in [0.1, 0.15) is 5.56 Å². The lowest BCUT2D eigenvalue weighted by molar-refractivity contribution is -0.274. The smallest absolute Gasteiger partial charge is 0.406 e. The first-order chi connectivity index (χ1) is 10.4. The van der Waals surface area contributed by atoms with E-state index in [-0.39, 0.29) is 5.75 Å². The van der Waals surface area contributed by atoms with Crippen LogP contribution in [-0.4, -0.2) is 15.9 Å². The summed E-state index contributed by atoms with van der Waals surface area (Å²) in [6.07, 6.45) is 0.598. The summed E-state index contributed by atoms with van der Waals surface area (Å²) in [4.78, 5) is 4.08. The number of ether oxygens (including phenoxy) is 1. The van der Waals surface area contributed by atoms with Crippen molar-refractivity contribution in [2.75, 3.05) is 0 Å². The van der Waals surface area contributed by atoms with E-state index in [2.05, 4.69) is 25.7 Å². The second-order valence-corrected chi connectivity index (χ2v) is 5.55. The van der Waals surface area contributed by atoms with Crippen LogP contribution < -0.4 is 4.74 Å². The van der Waals surface area contributed by atoms with Crippen LogP contribution in [0.4, 0.5) is 13.2 Å². The molecule has 0 spiro atoms. The molecule has 0 aliphatic carbocycles. The highest BCUT2D eigenvalue weighted by Gasteiger charge is 2.31. The number of nitrogens with zero attached hydrogens (tertiary/aromatic N) is 2. The van der Waals surface area contributed by atoms with Crippen LogP contribution in [0, 0.1) is 0 Å². The van der Waals surface area contributed by atoms with Gasteiger partial charge in [0.2, 0.25) is 0 Å². The van der Waals surface area contributed by atoms with Gasteiger partial charge in [-0.15, -0.1) is 13.2 Å². The predicted molar refractivity (Wildman–Crippen MR) is 79.7 cm³/mol. The molecule has 0 saturated heterocycles. The molecule has 3 aromatic rings. The van der Waals surface area contributed by atoms with Crippen molar-refractivity contribution >= 4 is 26.8 Å². The van der Waals surface area contributed by atoms with E-state index in [1.807, 2.05) is 16.8 Å². The number of fused-ring (bicyclic) bond motifs is 1. The number of rotatable bonds is 3. The van der Waals surface area contributed by atoms with Gasteiger partial charge in [-0.3, -0.25) is 4.98 Å². The van der Waals surface area contributed by atoms with E-state index in [4.69, 9.17) is 0 Å². The number of hydrogen-bond acceptors (Lipinski definition) is 2. The van der Waals surface area contributed by atoms with Crippen molar-refractivity contribution in [3.05, 3.63) is 59.0 Å². The fraction of sp³-hybridized carbons (Fsp3) is 0.133. The first kappa shape index (κ1) is 14.9. The Labute approximate surface area is 132 Å². The molecular formula is C15H10BrF3N2O. The number of alkyl halides is 3. The standard InChI is InChI=1S/C15H10BrF3N2O/c16-13-9-21(14-7-20-5-4-12(13)14)8-10-2-1-3-11(6-10)22-15(17,18)19/h1-7,9H,8H2. The Morgan fingerprint density at radius 2 is 2.05 bits per heavy atom. The Kier molecular flexibility index (Phi) is 3.82. The number of halogens is 4. The molecule has 2 heterocycles. The number of pyridine rings is 1. The van der Waals surface area contributed by atoms with Gasteiger partial charge in [0.25, 0.3) is 0 Å². The van der Waals surface area contributed by atoms with Crippen LogP contribution in [0.2, 0.25) is 0 Å². The minimum Gasteiger partial charge on any atom is -0.406 e. The summed E-state index contributed by atoms with van der Waals surface area (Å²) in [6, 6.07) is 7.82. The quantitative estimate of drug-likeness (QED) is 0.665. The molecule has 7 heteroatoms. The van der Waals surface area contributed by atoms with Crippen LogP contribution in [-0.2, 0) is 6.54 Å². The molecule has 3 nitrogen and oxygen atoms in total. The summed E-state index contributed by atoms with van der Waals surface area (Å²) >= 11 is 3.46. The molecule has 0 atom stereocenters. The zero-order chi connectivity index (χ0) is 15.7. The normalized spacial score (nSPS) is 11.8. The predicted octanol–water partition coefficient (Wildman–Crippen LogP) is 4.75. The van der Waals surface area contributed by atoms with Crippen molar-refractivity contribution in [1.29, 1.82) is 0 Å². The van der Waals surface area contributed by atoms with E-state index >= 15 is 0 Å². The fourth-order valence-corrected chi connectivity index (χ4v) is 2.84. The second kappa shape index (κ2) is 5.64. The van der Waals surface area contributed by atoms with E-state index in [0.717, 1.165) is 15.4 Å². The van der Waals surface area contributed by atoms with E-state index in [1.54, 1.807) is 18.5 Å². The highest BCUT2D eigenvalue weighted by atomic mass is 79.9. The minimum absolute atomic E-state index is 0.223. The molecular weight excluding hydrogens is 361 g/mol. The van der Waals surface area contributed by atoms with Crippen LogP contribution in [0.5, 0.6) is 5.75 Å². The molecule has 114 valence electrons. The van der Waals surface area contributed by atoms with Crippen molar-refractivity contribution in [2.45, 2.75) is 12.9 Å². The van der Waals surface area contributed by atoms with E-state index < -0.39 is 6.36 Å². The van der Waals surface area contributed by atoms with Gasteiger partial charge in [0.15, 0.2) is 0 Å². The summed E-state index contributed by atoms with van der Waals surface area (Å²) in [7, 11) is 0. The second-order valence-electron chi connectivity index (χ2n) is 4.69. The van der Waals surface area contributed by atoms with Crippen LogP contribution >= 0.6 is 15.9 Å². The first-order valence-corrected chi connectivity index (χ1v) is 7.15. The summed E-state index contributed by atoms with van der Waals surface area (Å²) in [5.41, 5.74) is 1.60. The van der Waals surface area contributed by atoms with Crippen LogP contribution in [0.15, 0.2) is 53.4 Å². The molecule has 0 radical (unpaired) electrons. The van der Waals surface area contributed by atoms with Crippen LogP contribution in [0.25, 0.3) is 10.9 Å². The maximum atomic E-state index is 12.3. The molecule has 2 aromatic heterocycles. The van der Waals surface area contributed by atoms with Crippen molar-refractivity contribution in [3.8, 4) is 5.75 Å². The van der Waals surface area contributed by atoms with E-state index in [0.29, 0.717) is 12.1 Å². The van der Waals surface area contributed by atoms with Gasteiger partial charge in [0.1, 0.15) is 5.75 Å². The molecule has 3 rings (SSSR count). The Morgan fingerprint density at radius 1 is 1.23 bits per heavy atom. The Balaban J connectivity index is 1.91. The molecule has 0 bridgehead atoms. The topological polar surface area (TPSA) is 27.1 Å². The van der Waals surface area contributed by atoms with Gasteiger partial charge in [-0.2, -0.15) is 0 Å². The Hall–Kier alpha value is -2.02. The highest BCUT2D eigenvalue weighted by Crippen LogP contribution is 2.27. The highest BCUT2D eigenvalue weighted by molar-refractivity contribution is 9.10. The van der Waals surface area contributed by atoms with Gasteiger partial charge < -0.3 is 9.30 Å². The van der Waals surface area contributed by atoms with E-state index in [1.165, 1.54) is 18.2 Å². The van der Waals surface area contributed by atoms with Gasteiger partial charge in [-0.1, -0.05) is 12.1 Å².